The molecule has 0 spiro atoms. The van der Waals surface area contributed by atoms with Gasteiger partial charge in [-0.1, -0.05) is 111 Å². The summed E-state index contributed by atoms with van der Waals surface area (Å²) >= 11 is 0. The van der Waals surface area contributed by atoms with Crippen LogP contribution in [-0.2, 0) is 0 Å². The van der Waals surface area contributed by atoms with Gasteiger partial charge in [0.05, 0.1) is 8.80 Å². The van der Waals surface area contributed by atoms with Gasteiger partial charge in [0, 0.05) is 0 Å². The summed E-state index contributed by atoms with van der Waals surface area (Å²) in [5.41, 5.74) is 5.33. The summed E-state index contributed by atoms with van der Waals surface area (Å²) in [7, 11) is -0.657. The maximum atomic E-state index is 2.44. The van der Waals surface area contributed by atoms with Gasteiger partial charge >= 0.3 is 0 Å². The Hall–Kier alpha value is -2.12. The minimum absolute atomic E-state index is 0.336. The number of hydrogen-bond donors (Lipinski definition) is 0. The van der Waals surface area contributed by atoms with Gasteiger partial charge < -0.3 is 0 Å². The van der Waals surface area contributed by atoms with Gasteiger partial charge in [-0.25, -0.2) is 0 Å². The third-order valence-electron chi connectivity index (χ3n) is 4.76. The Bertz CT molecular complexity index is 813. The molecule has 0 aliphatic carbocycles. The average molecular weight is 330 g/mol. The van der Waals surface area contributed by atoms with E-state index in [2.05, 4.69) is 106 Å². The van der Waals surface area contributed by atoms with E-state index in [1.807, 2.05) is 0 Å². The molecule has 0 nitrogen and oxygen atoms in total. The predicted octanol–water partition coefficient (Wildman–Crippen LogP) is 6.15. The second kappa shape index (κ2) is 6.78. The maximum Gasteiger partial charge on any atom is 0.0889 e. The maximum absolute atomic E-state index is 2.44. The highest BCUT2D eigenvalue weighted by atomic mass is 28.3. The van der Waals surface area contributed by atoms with Crippen LogP contribution < -0.4 is 5.19 Å². The molecule has 0 heterocycles. The lowest BCUT2D eigenvalue weighted by atomic mass is 9.95. The fourth-order valence-electron chi connectivity index (χ4n) is 3.04. The summed E-state index contributed by atoms with van der Waals surface area (Å²) in [6, 6.07) is 28.5. The van der Waals surface area contributed by atoms with E-state index in [1.54, 1.807) is 0 Å². The Morgan fingerprint density at radius 3 is 1.71 bits per heavy atom. The van der Waals surface area contributed by atoms with Gasteiger partial charge in [0.25, 0.3) is 0 Å². The standard InChI is InChI=1S/C23H25Si/c1-23(2,3)24(4)22-17-11-10-16-21(22)20-15-9-8-14-19(20)18-12-6-5-7-13-18/h5-17H,1-4H3. The van der Waals surface area contributed by atoms with Gasteiger partial charge in [-0.3, -0.25) is 0 Å². The van der Waals surface area contributed by atoms with E-state index in [9.17, 15) is 0 Å². The van der Waals surface area contributed by atoms with Crippen molar-refractivity contribution in [3.05, 3.63) is 78.9 Å². The molecule has 24 heavy (non-hydrogen) atoms. The van der Waals surface area contributed by atoms with Crippen LogP contribution in [0, 0.1) is 0 Å². The number of hydrogen-bond acceptors (Lipinski definition) is 0. The summed E-state index contributed by atoms with van der Waals surface area (Å²) in [6.07, 6.45) is 0. The monoisotopic (exact) mass is 329 g/mol. The lowest BCUT2D eigenvalue weighted by molar-refractivity contribution is 0.746. The van der Waals surface area contributed by atoms with E-state index >= 15 is 0 Å². The first-order valence-electron chi connectivity index (χ1n) is 8.57. The fourth-order valence-corrected chi connectivity index (χ4v) is 4.81. The average Bonchev–Trinajstić information content (AvgIpc) is 2.61. The zero-order chi connectivity index (χ0) is 17.2. The predicted molar refractivity (Wildman–Crippen MR) is 108 cm³/mol. The lowest BCUT2D eigenvalue weighted by Crippen LogP contribution is -2.36. The summed E-state index contributed by atoms with van der Waals surface area (Å²) in [5.74, 6) is 0. The van der Waals surface area contributed by atoms with E-state index < -0.39 is 8.80 Å². The Labute approximate surface area is 147 Å². The minimum Gasteiger partial charge on any atom is -0.0665 e. The van der Waals surface area contributed by atoms with E-state index in [1.165, 1.54) is 27.4 Å². The Morgan fingerprint density at radius 1 is 0.583 bits per heavy atom. The first-order valence-corrected chi connectivity index (χ1v) is 10.6. The van der Waals surface area contributed by atoms with Crippen molar-refractivity contribution in [3.63, 3.8) is 0 Å². The van der Waals surface area contributed by atoms with Crippen molar-refractivity contribution in [2.75, 3.05) is 0 Å². The van der Waals surface area contributed by atoms with Crippen molar-refractivity contribution in [3.8, 4) is 22.3 Å². The molecule has 0 fully saturated rings. The SMILES string of the molecule is C[Si](c1ccccc1-c1ccccc1-c1ccccc1)C(C)(C)C. The van der Waals surface area contributed by atoms with Crippen LogP contribution >= 0.6 is 0 Å². The second-order valence-corrected chi connectivity index (χ2v) is 10.6. The molecular formula is C23H25Si. The molecule has 0 aliphatic heterocycles. The third-order valence-corrected chi connectivity index (χ3v) is 8.25. The van der Waals surface area contributed by atoms with Crippen LogP contribution in [0.4, 0.5) is 0 Å². The van der Waals surface area contributed by atoms with Crippen molar-refractivity contribution in [1.29, 1.82) is 0 Å². The first-order chi connectivity index (χ1) is 11.5. The molecule has 0 amide bonds. The van der Waals surface area contributed by atoms with Gasteiger partial charge in [-0.15, -0.1) is 0 Å². The summed E-state index contributed by atoms with van der Waals surface area (Å²) < 4.78 is 0. The second-order valence-electron chi connectivity index (χ2n) is 7.33. The molecule has 0 saturated heterocycles. The largest absolute Gasteiger partial charge is 0.0889 e. The molecule has 3 aromatic rings. The highest BCUT2D eigenvalue weighted by Crippen LogP contribution is 2.34. The van der Waals surface area contributed by atoms with Gasteiger partial charge in [0.2, 0.25) is 0 Å². The molecule has 3 aromatic carbocycles. The van der Waals surface area contributed by atoms with Gasteiger partial charge in [0.1, 0.15) is 0 Å². The Balaban J connectivity index is 2.19. The van der Waals surface area contributed by atoms with Crippen molar-refractivity contribution >= 4 is 14.0 Å². The molecule has 1 radical (unpaired) electrons. The Morgan fingerprint density at radius 2 is 1.08 bits per heavy atom. The lowest BCUT2D eigenvalue weighted by Gasteiger charge is -2.28. The van der Waals surface area contributed by atoms with Gasteiger partial charge in [0.15, 0.2) is 0 Å². The quantitative estimate of drug-likeness (QED) is 0.505. The zero-order valence-corrected chi connectivity index (χ0v) is 16.0. The third kappa shape index (κ3) is 3.37. The van der Waals surface area contributed by atoms with Crippen LogP contribution in [0.15, 0.2) is 78.9 Å². The molecule has 0 unspecified atom stereocenters. The normalized spacial score (nSPS) is 11.7. The Kier molecular flexibility index (Phi) is 4.73. The molecule has 0 atom stereocenters. The van der Waals surface area contributed by atoms with Crippen molar-refractivity contribution in [2.45, 2.75) is 32.4 Å². The molecule has 1 heteroatoms. The highest BCUT2D eigenvalue weighted by Gasteiger charge is 2.26. The highest BCUT2D eigenvalue weighted by molar-refractivity contribution is 6.76. The minimum atomic E-state index is -0.657. The number of rotatable bonds is 3. The molecule has 3 rings (SSSR count). The van der Waals surface area contributed by atoms with Crippen molar-refractivity contribution < 1.29 is 0 Å². The van der Waals surface area contributed by atoms with Crippen LogP contribution in [0.1, 0.15) is 20.8 Å². The molecule has 0 saturated carbocycles. The topological polar surface area (TPSA) is 0 Å². The van der Waals surface area contributed by atoms with Crippen LogP contribution in [0.5, 0.6) is 0 Å². The van der Waals surface area contributed by atoms with Crippen LogP contribution in [-0.4, -0.2) is 8.80 Å². The van der Waals surface area contributed by atoms with Crippen LogP contribution in [0.25, 0.3) is 22.3 Å². The zero-order valence-electron chi connectivity index (χ0n) is 15.0. The summed E-state index contributed by atoms with van der Waals surface area (Å²) in [4.78, 5) is 0. The van der Waals surface area contributed by atoms with Gasteiger partial charge in [-0.05, 0) is 27.3 Å². The van der Waals surface area contributed by atoms with Crippen LogP contribution in [0.3, 0.4) is 0 Å². The molecular weight excluding hydrogens is 304 g/mol. The summed E-state index contributed by atoms with van der Waals surface area (Å²) in [5, 5.41) is 1.86. The summed E-state index contributed by atoms with van der Waals surface area (Å²) in [6.45, 7) is 9.53. The van der Waals surface area contributed by atoms with Crippen molar-refractivity contribution in [2.24, 2.45) is 0 Å². The molecule has 121 valence electrons. The van der Waals surface area contributed by atoms with E-state index in [0.29, 0.717) is 5.04 Å². The smallest absolute Gasteiger partial charge is 0.0665 e. The molecule has 0 aromatic heterocycles. The fraction of sp³-hybridized carbons (Fsp3) is 0.217. The molecule has 0 aliphatic rings. The van der Waals surface area contributed by atoms with E-state index in [4.69, 9.17) is 0 Å². The van der Waals surface area contributed by atoms with Crippen LogP contribution in [0.2, 0.25) is 11.6 Å². The van der Waals surface area contributed by atoms with Gasteiger partial charge in [-0.2, -0.15) is 0 Å². The molecule has 0 bridgehead atoms. The first kappa shape index (κ1) is 16.7. The van der Waals surface area contributed by atoms with Crippen molar-refractivity contribution in [1.82, 2.24) is 0 Å². The molecule has 0 N–H and O–H groups in total. The van der Waals surface area contributed by atoms with E-state index in [0.717, 1.165) is 0 Å². The number of benzene rings is 3. The van der Waals surface area contributed by atoms with E-state index in [-0.39, 0.29) is 0 Å².